The molecule has 3 heteroatoms. The predicted octanol–water partition coefficient (Wildman–Crippen LogP) is 4.12. The lowest BCUT2D eigenvalue weighted by molar-refractivity contribution is 0.270. The molecule has 0 radical (unpaired) electrons. The van der Waals surface area contributed by atoms with Gasteiger partial charge in [-0.05, 0) is 35.5 Å². The fraction of sp³-hybridized carbons (Fsp3) is 0.222. The van der Waals surface area contributed by atoms with E-state index >= 15 is 0 Å². The van der Waals surface area contributed by atoms with Gasteiger partial charge in [-0.1, -0.05) is 37.3 Å². The van der Waals surface area contributed by atoms with Crippen molar-refractivity contribution in [2.75, 3.05) is 6.54 Å². The molecule has 3 aromatic rings. The minimum atomic E-state index is 0.449. The largest absolute Gasteiger partial charge is 0.486 e. The average Bonchev–Trinajstić information content (AvgIpc) is 2.98. The van der Waals surface area contributed by atoms with Crippen LogP contribution in [0.5, 0.6) is 5.75 Å². The minimum Gasteiger partial charge on any atom is -0.486 e. The number of fused-ring (bicyclic) bond motifs is 1. The molecule has 0 aliphatic heterocycles. The topological polar surface area (TPSA) is 34.4 Å². The SMILES string of the molecule is CCNCc1coc(COc2ccc3ccccc3c2)c1. The van der Waals surface area contributed by atoms with E-state index in [1.54, 1.807) is 6.26 Å². The number of ether oxygens (including phenoxy) is 1. The van der Waals surface area contributed by atoms with E-state index in [2.05, 4.69) is 36.5 Å². The standard InChI is InChI=1S/C18H19NO2/c1-2-19-11-14-9-18(20-12-14)13-21-17-8-7-15-5-3-4-6-16(15)10-17/h3-10,12,19H,2,11,13H2,1H3. The molecule has 3 rings (SSSR count). The summed E-state index contributed by atoms with van der Waals surface area (Å²) in [5.41, 5.74) is 1.15. The Morgan fingerprint density at radius 3 is 2.76 bits per heavy atom. The van der Waals surface area contributed by atoms with Crippen molar-refractivity contribution in [3.8, 4) is 5.75 Å². The highest BCUT2D eigenvalue weighted by Crippen LogP contribution is 2.21. The normalized spacial score (nSPS) is 10.9. The predicted molar refractivity (Wildman–Crippen MR) is 84.4 cm³/mol. The molecule has 3 nitrogen and oxygen atoms in total. The molecular weight excluding hydrogens is 262 g/mol. The molecule has 1 heterocycles. The lowest BCUT2D eigenvalue weighted by atomic mass is 10.1. The van der Waals surface area contributed by atoms with Crippen molar-refractivity contribution in [3.05, 3.63) is 66.1 Å². The second-order valence-electron chi connectivity index (χ2n) is 5.00. The summed E-state index contributed by atoms with van der Waals surface area (Å²) in [4.78, 5) is 0. The van der Waals surface area contributed by atoms with Crippen molar-refractivity contribution in [1.29, 1.82) is 0 Å². The highest BCUT2D eigenvalue weighted by atomic mass is 16.5. The van der Waals surface area contributed by atoms with Crippen LogP contribution < -0.4 is 10.1 Å². The van der Waals surface area contributed by atoms with E-state index in [9.17, 15) is 0 Å². The maximum absolute atomic E-state index is 5.80. The molecule has 0 bridgehead atoms. The van der Waals surface area contributed by atoms with Crippen LogP contribution in [0.4, 0.5) is 0 Å². The fourth-order valence-corrected chi connectivity index (χ4v) is 2.28. The summed E-state index contributed by atoms with van der Waals surface area (Å²) in [7, 11) is 0. The van der Waals surface area contributed by atoms with Crippen molar-refractivity contribution < 1.29 is 9.15 Å². The molecule has 0 amide bonds. The van der Waals surface area contributed by atoms with Gasteiger partial charge in [-0.25, -0.2) is 0 Å². The molecule has 0 atom stereocenters. The van der Waals surface area contributed by atoms with Crippen LogP contribution in [-0.2, 0) is 13.2 Å². The van der Waals surface area contributed by atoms with Gasteiger partial charge in [-0.15, -0.1) is 0 Å². The second-order valence-corrected chi connectivity index (χ2v) is 5.00. The zero-order valence-corrected chi connectivity index (χ0v) is 12.1. The smallest absolute Gasteiger partial charge is 0.146 e. The van der Waals surface area contributed by atoms with Gasteiger partial charge in [0.05, 0.1) is 6.26 Å². The Morgan fingerprint density at radius 2 is 1.90 bits per heavy atom. The number of benzene rings is 2. The third kappa shape index (κ3) is 3.44. The Hall–Kier alpha value is -2.26. The number of rotatable bonds is 6. The zero-order valence-electron chi connectivity index (χ0n) is 12.1. The minimum absolute atomic E-state index is 0.449. The highest BCUT2D eigenvalue weighted by Gasteiger charge is 2.03. The van der Waals surface area contributed by atoms with E-state index in [4.69, 9.17) is 9.15 Å². The van der Waals surface area contributed by atoms with Crippen LogP contribution in [0.25, 0.3) is 10.8 Å². The third-order valence-corrected chi connectivity index (χ3v) is 3.39. The number of hydrogen-bond donors (Lipinski definition) is 1. The van der Waals surface area contributed by atoms with Crippen molar-refractivity contribution in [1.82, 2.24) is 5.32 Å². The summed E-state index contributed by atoms with van der Waals surface area (Å²) in [5.74, 6) is 1.70. The van der Waals surface area contributed by atoms with Crippen molar-refractivity contribution in [2.24, 2.45) is 0 Å². The molecule has 0 unspecified atom stereocenters. The van der Waals surface area contributed by atoms with Crippen LogP contribution in [0.1, 0.15) is 18.2 Å². The van der Waals surface area contributed by atoms with Gasteiger partial charge in [0, 0.05) is 12.1 Å². The summed E-state index contributed by atoms with van der Waals surface area (Å²) in [5, 5.41) is 5.67. The van der Waals surface area contributed by atoms with Gasteiger partial charge in [0.15, 0.2) is 0 Å². The van der Waals surface area contributed by atoms with Crippen molar-refractivity contribution in [3.63, 3.8) is 0 Å². The molecular formula is C18H19NO2. The Morgan fingerprint density at radius 1 is 1.05 bits per heavy atom. The first-order valence-corrected chi connectivity index (χ1v) is 7.24. The van der Waals surface area contributed by atoms with Crippen LogP contribution in [0.2, 0.25) is 0 Å². The maximum Gasteiger partial charge on any atom is 0.146 e. The van der Waals surface area contributed by atoms with Gasteiger partial charge in [-0.2, -0.15) is 0 Å². The molecule has 0 spiro atoms. The first-order chi connectivity index (χ1) is 10.3. The number of nitrogens with one attached hydrogen (secondary N) is 1. The third-order valence-electron chi connectivity index (χ3n) is 3.39. The zero-order chi connectivity index (χ0) is 14.5. The van der Waals surface area contributed by atoms with E-state index in [0.29, 0.717) is 6.61 Å². The van der Waals surface area contributed by atoms with E-state index in [1.807, 2.05) is 24.3 Å². The van der Waals surface area contributed by atoms with Crippen LogP contribution in [0.15, 0.2) is 59.2 Å². The quantitative estimate of drug-likeness (QED) is 0.738. The van der Waals surface area contributed by atoms with Crippen LogP contribution in [-0.4, -0.2) is 6.54 Å². The molecule has 0 saturated carbocycles. The number of hydrogen-bond acceptors (Lipinski definition) is 3. The first kappa shape index (κ1) is 13.7. The van der Waals surface area contributed by atoms with Crippen LogP contribution in [0, 0.1) is 0 Å². The summed E-state index contributed by atoms with van der Waals surface area (Å²) in [6.07, 6.45) is 1.78. The van der Waals surface area contributed by atoms with Gasteiger partial charge >= 0.3 is 0 Å². The lowest BCUT2D eigenvalue weighted by Gasteiger charge is -2.05. The molecule has 2 aromatic carbocycles. The summed E-state index contributed by atoms with van der Waals surface area (Å²) in [6, 6.07) is 16.4. The Balaban J connectivity index is 1.64. The van der Waals surface area contributed by atoms with E-state index in [1.165, 1.54) is 10.8 Å². The first-order valence-electron chi connectivity index (χ1n) is 7.24. The second kappa shape index (κ2) is 6.46. The lowest BCUT2D eigenvalue weighted by Crippen LogP contribution is -2.10. The van der Waals surface area contributed by atoms with Gasteiger partial charge < -0.3 is 14.5 Å². The molecule has 0 fully saturated rings. The van der Waals surface area contributed by atoms with Crippen LogP contribution >= 0.6 is 0 Å². The monoisotopic (exact) mass is 281 g/mol. The Bertz CT molecular complexity index is 718. The highest BCUT2D eigenvalue weighted by molar-refractivity contribution is 5.83. The average molecular weight is 281 g/mol. The summed E-state index contributed by atoms with van der Waals surface area (Å²) in [6.45, 7) is 4.32. The van der Waals surface area contributed by atoms with Crippen molar-refractivity contribution in [2.45, 2.75) is 20.1 Å². The molecule has 21 heavy (non-hydrogen) atoms. The van der Waals surface area contributed by atoms with E-state index < -0.39 is 0 Å². The molecule has 1 aromatic heterocycles. The molecule has 1 N–H and O–H groups in total. The molecule has 0 saturated heterocycles. The van der Waals surface area contributed by atoms with Gasteiger partial charge in [0.25, 0.3) is 0 Å². The summed E-state index contributed by atoms with van der Waals surface area (Å²) < 4.78 is 11.3. The Kier molecular flexibility index (Phi) is 4.22. The van der Waals surface area contributed by atoms with E-state index in [0.717, 1.165) is 30.2 Å². The van der Waals surface area contributed by atoms with E-state index in [-0.39, 0.29) is 0 Å². The van der Waals surface area contributed by atoms with Crippen molar-refractivity contribution >= 4 is 10.8 Å². The molecule has 0 aliphatic rings. The Labute approximate surface area is 124 Å². The summed E-state index contributed by atoms with van der Waals surface area (Å²) >= 11 is 0. The van der Waals surface area contributed by atoms with Gasteiger partial charge in [0.2, 0.25) is 0 Å². The van der Waals surface area contributed by atoms with Crippen LogP contribution in [0.3, 0.4) is 0 Å². The maximum atomic E-state index is 5.80. The number of furan rings is 1. The fourth-order valence-electron chi connectivity index (χ4n) is 2.28. The molecule has 108 valence electrons. The van der Waals surface area contributed by atoms with Gasteiger partial charge in [0.1, 0.15) is 18.1 Å². The molecule has 0 aliphatic carbocycles. The van der Waals surface area contributed by atoms with Gasteiger partial charge in [-0.3, -0.25) is 0 Å².